The third-order valence-electron chi connectivity index (χ3n) is 10.6. The molecule has 274 valence electrons. The number of benzene rings is 7. The van der Waals surface area contributed by atoms with E-state index in [2.05, 4.69) is 128 Å². The second kappa shape index (κ2) is 13.8. The van der Waals surface area contributed by atoms with Crippen molar-refractivity contribution in [1.29, 1.82) is 0 Å². The van der Waals surface area contributed by atoms with Crippen molar-refractivity contribution < 1.29 is 30.6 Å². The number of imidazole rings is 1. The fourth-order valence-electron chi connectivity index (χ4n) is 7.78. The first-order chi connectivity index (χ1) is 26.8. The van der Waals surface area contributed by atoms with Gasteiger partial charge >= 0.3 is 0 Å². The number of phenols is 1. The van der Waals surface area contributed by atoms with Gasteiger partial charge in [0, 0.05) is 48.5 Å². The number of nitrogens with zero attached hydrogens (tertiary/aromatic N) is 3. The summed E-state index contributed by atoms with van der Waals surface area (Å²) in [7, 11) is 0. The molecule has 0 spiro atoms. The molecule has 3 heterocycles. The van der Waals surface area contributed by atoms with Gasteiger partial charge in [0.2, 0.25) is 0 Å². The molecule has 1 N–H and O–H groups in total. The minimum Gasteiger partial charge on any atom is -0.507 e. The van der Waals surface area contributed by atoms with Gasteiger partial charge in [-0.3, -0.25) is 9.55 Å². The summed E-state index contributed by atoms with van der Waals surface area (Å²) in [6.07, 6.45) is 1.82. The molecule has 0 aliphatic heterocycles. The predicted octanol–water partition coefficient (Wildman–Crippen LogP) is 12.9. The van der Waals surface area contributed by atoms with Crippen molar-refractivity contribution in [3.63, 3.8) is 0 Å². The molecule has 0 aliphatic rings. The average Bonchev–Trinajstić information content (AvgIpc) is 3.79. The minimum atomic E-state index is -0.0495. The normalized spacial score (nSPS) is 11.8. The van der Waals surface area contributed by atoms with Crippen LogP contribution in [0.25, 0.3) is 94.3 Å². The first-order valence-corrected chi connectivity index (χ1v) is 18.5. The molecule has 10 aromatic rings. The van der Waals surface area contributed by atoms with Crippen molar-refractivity contribution in [2.45, 2.75) is 26.2 Å². The van der Waals surface area contributed by atoms with E-state index in [1.54, 1.807) is 6.07 Å². The van der Waals surface area contributed by atoms with Crippen LogP contribution in [0.3, 0.4) is 0 Å². The maximum absolute atomic E-state index is 11.3. The zero-order chi connectivity index (χ0) is 37.3. The van der Waals surface area contributed by atoms with E-state index in [9.17, 15) is 5.11 Å². The molecular weight excluding hydrogens is 870 g/mol. The summed E-state index contributed by atoms with van der Waals surface area (Å²) in [5.41, 5.74) is 11.9. The summed E-state index contributed by atoms with van der Waals surface area (Å²) in [4.78, 5) is 10.2. The van der Waals surface area contributed by atoms with Gasteiger partial charge in [-0.05, 0) is 58.3 Å². The molecule has 0 saturated heterocycles. The van der Waals surface area contributed by atoms with E-state index in [0.29, 0.717) is 11.4 Å². The Morgan fingerprint density at radius 1 is 0.643 bits per heavy atom. The van der Waals surface area contributed by atoms with Crippen LogP contribution in [-0.2, 0) is 26.5 Å². The van der Waals surface area contributed by atoms with Gasteiger partial charge in [-0.2, -0.15) is 0 Å². The summed E-state index contributed by atoms with van der Waals surface area (Å²) in [5, 5.41) is 15.6. The number of phenolic OH excluding ortho intramolecular Hbond substituents is 1. The number of aromatic hydroxyl groups is 1. The van der Waals surface area contributed by atoms with Gasteiger partial charge in [0.25, 0.3) is 0 Å². The van der Waals surface area contributed by atoms with E-state index in [-0.39, 0.29) is 32.2 Å². The van der Waals surface area contributed by atoms with Crippen LogP contribution in [0.15, 0.2) is 162 Å². The number of rotatable bonds is 5. The molecule has 0 aliphatic carbocycles. The number of hydrogen-bond donors (Lipinski definition) is 1. The van der Waals surface area contributed by atoms with Crippen LogP contribution < -0.4 is 0 Å². The largest absolute Gasteiger partial charge is 0.507 e. The van der Waals surface area contributed by atoms with Crippen molar-refractivity contribution in [1.82, 2.24) is 14.5 Å². The third-order valence-corrected chi connectivity index (χ3v) is 10.6. The molecule has 0 unspecified atom stereocenters. The van der Waals surface area contributed by atoms with Crippen LogP contribution in [0.2, 0.25) is 0 Å². The molecule has 0 saturated carbocycles. The van der Waals surface area contributed by atoms with Gasteiger partial charge in [-0.1, -0.05) is 129 Å². The number of para-hydroxylation sites is 2. The topological polar surface area (TPSA) is 64.1 Å². The van der Waals surface area contributed by atoms with E-state index < -0.39 is 0 Å². The van der Waals surface area contributed by atoms with E-state index >= 15 is 0 Å². The van der Waals surface area contributed by atoms with Gasteiger partial charge < -0.3 is 9.52 Å². The summed E-state index contributed by atoms with van der Waals surface area (Å²) >= 11 is 0. The van der Waals surface area contributed by atoms with Crippen LogP contribution in [0.1, 0.15) is 26.3 Å². The maximum atomic E-state index is 11.3. The standard InChI is InChI=1S/C50H36N3O2.Pt/c1-50(2,3)35-24-26-43(40(28-35)31-13-5-4-6-14-31)53-44-21-12-20-36(47(44)52-49(53)39-19-9-10-22-45(39)54)33-16-11-17-34(27-33)42-29-41-38-25-23-32-15-7-8-18-37(32)48(38)55-46(41)30-51-42;/h4-26,28-30,54H,1-3H3;/q-1;. The molecule has 0 fully saturated rings. The van der Waals surface area contributed by atoms with Crippen molar-refractivity contribution in [3.05, 3.63) is 169 Å². The van der Waals surface area contributed by atoms with Gasteiger partial charge in [0.05, 0.1) is 28.5 Å². The van der Waals surface area contributed by atoms with Crippen LogP contribution >= 0.6 is 0 Å². The third kappa shape index (κ3) is 5.91. The van der Waals surface area contributed by atoms with Crippen molar-refractivity contribution in [3.8, 4) is 56.3 Å². The van der Waals surface area contributed by atoms with Crippen molar-refractivity contribution in [2.24, 2.45) is 0 Å². The Hall–Kier alpha value is -6.29. The average molecular weight is 906 g/mol. The molecule has 0 amide bonds. The SMILES string of the molecule is CC(C)(C)c1ccc(-n2c(-c3ccccc3O)nc3c(-c4[c-]c(-c5cc6c(cn5)oc5c7ccccc7ccc65)ccc4)cccc32)c(-c2ccccc2)c1.[Pt]. The monoisotopic (exact) mass is 905 g/mol. The van der Waals surface area contributed by atoms with Crippen LogP contribution in [0, 0.1) is 6.07 Å². The molecular formula is C50H36N3O2Pt-. The summed E-state index contributed by atoms with van der Waals surface area (Å²) in [6, 6.07) is 55.4. The zero-order valence-corrected chi connectivity index (χ0v) is 33.3. The smallest absolute Gasteiger partial charge is 0.152 e. The first kappa shape index (κ1) is 35.4. The number of aromatic nitrogens is 3. The molecule has 6 heteroatoms. The Morgan fingerprint density at radius 2 is 1.39 bits per heavy atom. The second-order valence-corrected chi connectivity index (χ2v) is 15.1. The molecule has 10 rings (SSSR count). The molecule has 3 aromatic heterocycles. The molecule has 0 bridgehead atoms. The Kier molecular flexibility index (Phi) is 8.71. The summed E-state index contributed by atoms with van der Waals surface area (Å²) in [5.74, 6) is 0.826. The van der Waals surface area contributed by atoms with Gasteiger partial charge in [-0.15, -0.1) is 29.8 Å². The Labute approximate surface area is 339 Å². The van der Waals surface area contributed by atoms with Gasteiger partial charge in [0.15, 0.2) is 5.58 Å². The Bertz CT molecular complexity index is 3100. The summed E-state index contributed by atoms with van der Waals surface area (Å²) < 4.78 is 8.54. The zero-order valence-electron chi connectivity index (χ0n) is 31.0. The Morgan fingerprint density at radius 3 is 2.23 bits per heavy atom. The van der Waals surface area contributed by atoms with Crippen LogP contribution in [0.5, 0.6) is 5.75 Å². The molecule has 5 nitrogen and oxygen atoms in total. The van der Waals surface area contributed by atoms with E-state index in [0.717, 1.165) is 82.9 Å². The Balaban J connectivity index is 0.00000410. The molecule has 7 aromatic carbocycles. The minimum absolute atomic E-state index is 0. The maximum Gasteiger partial charge on any atom is 0.152 e. The van der Waals surface area contributed by atoms with Crippen LogP contribution in [0.4, 0.5) is 0 Å². The van der Waals surface area contributed by atoms with Crippen LogP contribution in [-0.4, -0.2) is 19.6 Å². The second-order valence-electron chi connectivity index (χ2n) is 15.1. The number of hydrogen-bond acceptors (Lipinski definition) is 4. The van der Waals surface area contributed by atoms with E-state index in [4.69, 9.17) is 14.4 Å². The number of pyridine rings is 1. The van der Waals surface area contributed by atoms with E-state index in [1.807, 2.05) is 54.7 Å². The first-order valence-electron chi connectivity index (χ1n) is 18.5. The number of fused-ring (bicyclic) bond motifs is 6. The molecule has 0 atom stereocenters. The quantitative estimate of drug-likeness (QED) is 0.175. The van der Waals surface area contributed by atoms with Crippen molar-refractivity contribution in [2.75, 3.05) is 0 Å². The predicted molar refractivity (Wildman–Crippen MR) is 225 cm³/mol. The van der Waals surface area contributed by atoms with Crippen molar-refractivity contribution >= 4 is 43.7 Å². The van der Waals surface area contributed by atoms with E-state index in [1.165, 1.54) is 5.56 Å². The van der Waals surface area contributed by atoms with Gasteiger partial charge in [-0.25, -0.2) is 4.98 Å². The molecule has 56 heavy (non-hydrogen) atoms. The number of furan rings is 1. The van der Waals surface area contributed by atoms with Gasteiger partial charge in [0.1, 0.15) is 17.2 Å². The molecule has 0 radical (unpaired) electrons. The summed E-state index contributed by atoms with van der Waals surface area (Å²) in [6.45, 7) is 6.71. The fraction of sp³-hybridized carbons (Fsp3) is 0.0800. The fourth-order valence-corrected chi connectivity index (χ4v) is 7.78.